The fourth-order valence-electron chi connectivity index (χ4n) is 1.00. The molecule has 18 heavy (non-hydrogen) atoms. The average molecular weight is 316 g/mol. The van der Waals surface area contributed by atoms with Crippen LogP contribution in [0.1, 0.15) is 27.2 Å². The van der Waals surface area contributed by atoms with Crippen molar-refractivity contribution in [3.05, 3.63) is 0 Å². The molecule has 0 fully saturated rings. The summed E-state index contributed by atoms with van der Waals surface area (Å²) in [6.45, 7) is 1.52. The second-order valence-corrected chi connectivity index (χ2v) is 11.6. The lowest BCUT2D eigenvalue weighted by Gasteiger charge is -2.33. The van der Waals surface area contributed by atoms with Crippen LogP contribution in [-0.2, 0) is 19.4 Å². The molecule has 0 aliphatic rings. The molecule has 0 radical (unpaired) electrons. The highest BCUT2D eigenvalue weighted by Crippen LogP contribution is 2.65. The summed E-state index contributed by atoms with van der Waals surface area (Å²) in [7, 11) is -1.04. The van der Waals surface area contributed by atoms with E-state index in [2.05, 4.69) is 0 Å². The van der Waals surface area contributed by atoms with E-state index in [0.29, 0.717) is 0 Å². The maximum absolute atomic E-state index is 12.9. The highest BCUT2D eigenvalue weighted by molar-refractivity contribution is 8.58. The van der Waals surface area contributed by atoms with Gasteiger partial charge in [-0.2, -0.15) is 0 Å². The molecule has 0 bridgehead atoms. The number of hydrogen-bond acceptors (Lipinski definition) is 5. The van der Waals surface area contributed by atoms with Crippen LogP contribution in [0.4, 0.5) is 0 Å². The van der Waals surface area contributed by atoms with E-state index in [4.69, 9.17) is 0 Å². The Labute approximate surface area is 113 Å². The van der Waals surface area contributed by atoms with E-state index < -0.39 is 22.6 Å². The Morgan fingerprint density at radius 1 is 1.39 bits per heavy atom. The first-order chi connectivity index (χ1) is 7.96. The summed E-state index contributed by atoms with van der Waals surface area (Å²) in [5.74, 6) is -0.426. The third-order valence-electron chi connectivity index (χ3n) is 2.56. The predicted octanol–water partition coefficient (Wildman–Crippen LogP) is 2.00. The highest BCUT2D eigenvalue weighted by Gasteiger charge is 2.41. The maximum atomic E-state index is 12.9. The molecule has 0 aromatic carbocycles. The van der Waals surface area contributed by atoms with Gasteiger partial charge in [-0.15, -0.1) is 4.08 Å². The van der Waals surface area contributed by atoms with Crippen molar-refractivity contribution < 1.29 is 17.8 Å². The van der Waals surface area contributed by atoms with Gasteiger partial charge in [0.15, 0.2) is 0 Å². The molecular weight excluding hydrogens is 295 g/mol. The Kier molecular flexibility index (Phi) is 6.40. The summed E-state index contributed by atoms with van der Waals surface area (Å²) in [5, 5.41) is -0.0122. The molecule has 1 amide bonds. The first-order valence-electron chi connectivity index (χ1n) is 5.44. The Hall–Kier alpha value is -0.0400. The van der Waals surface area contributed by atoms with Gasteiger partial charge in [-0.3, -0.25) is 14.0 Å². The Balaban J connectivity index is 5.56. The normalized spacial score (nSPS) is 17.3. The first-order valence-corrected chi connectivity index (χ1v) is 10.4. The molecule has 0 aliphatic heterocycles. The van der Waals surface area contributed by atoms with Crippen molar-refractivity contribution in [2.75, 3.05) is 20.4 Å². The standard InChI is InChI=1S/C9H21N2O4PS2/c1-7-8(2)17-16(13,10(4)9(3)12)11(5)18(6,14)15/h8H,7H2,1-6H3. The number of amides is 1. The summed E-state index contributed by atoms with van der Waals surface area (Å²) < 4.78 is 37.9. The van der Waals surface area contributed by atoms with Crippen LogP contribution in [-0.4, -0.2) is 48.7 Å². The largest absolute Gasteiger partial charge is 0.310 e. The average Bonchev–Trinajstić information content (AvgIpc) is 2.25. The lowest BCUT2D eigenvalue weighted by molar-refractivity contribution is -0.123. The Morgan fingerprint density at radius 3 is 2.11 bits per heavy atom. The van der Waals surface area contributed by atoms with E-state index in [-0.39, 0.29) is 5.25 Å². The summed E-state index contributed by atoms with van der Waals surface area (Å²) >= 11 is 1.03. The number of carbonyl (C=O) groups excluding carboxylic acids is 1. The zero-order chi connectivity index (χ0) is 14.7. The van der Waals surface area contributed by atoms with Gasteiger partial charge in [0.25, 0.3) is 0 Å². The fraction of sp³-hybridized carbons (Fsp3) is 0.889. The zero-order valence-corrected chi connectivity index (χ0v) is 14.1. The third-order valence-corrected chi connectivity index (χ3v) is 11.5. The molecule has 0 aromatic heterocycles. The molecule has 2 atom stereocenters. The zero-order valence-electron chi connectivity index (χ0n) is 11.6. The van der Waals surface area contributed by atoms with Crippen LogP contribution in [0.25, 0.3) is 0 Å². The van der Waals surface area contributed by atoms with Crippen LogP contribution < -0.4 is 0 Å². The van der Waals surface area contributed by atoms with E-state index in [1.54, 1.807) is 0 Å². The molecule has 0 aliphatic carbocycles. The van der Waals surface area contributed by atoms with Gasteiger partial charge < -0.3 is 0 Å². The highest BCUT2D eigenvalue weighted by atomic mass is 32.7. The summed E-state index contributed by atoms with van der Waals surface area (Å²) in [6, 6.07) is 0. The van der Waals surface area contributed by atoms with Gasteiger partial charge >= 0.3 is 6.65 Å². The van der Waals surface area contributed by atoms with E-state index in [1.165, 1.54) is 21.0 Å². The molecule has 0 N–H and O–H groups in total. The van der Waals surface area contributed by atoms with Crippen molar-refractivity contribution in [3.8, 4) is 0 Å². The third kappa shape index (κ3) is 4.26. The van der Waals surface area contributed by atoms with E-state index in [9.17, 15) is 17.8 Å². The van der Waals surface area contributed by atoms with Gasteiger partial charge in [0.2, 0.25) is 15.9 Å². The minimum absolute atomic E-state index is 0.0122. The summed E-state index contributed by atoms with van der Waals surface area (Å²) in [5.41, 5.74) is 0. The van der Waals surface area contributed by atoms with Crippen LogP contribution >= 0.6 is 18.0 Å². The topological polar surface area (TPSA) is 74.8 Å². The SMILES string of the molecule is CCC(C)SP(=O)(N(C)C(C)=O)N(C)S(C)(=O)=O. The second kappa shape index (κ2) is 6.41. The van der Waals surface area contributed by atoms with Crippen molar-refractivity contribution in [3.63, 3.8) is 0 Å². The number of rotatable bonds is 6. The van der Waals surface area contributed by atoms with Gasteiger partial charge in [0.05, 0.1) is 6.26 Å². The first kappa shape index (κ1) is 18.0. The van der Waals surface area contributed by atoms with Gasteiger partial charge in [0, 0.05) is 26.3 Å². The van der Waals surface area contributed by atoms with Gasteiger partial charge in [0.1, 0.15) is 0 Å². The lowest BCUT2D eigenvalue weighted by atomic mass is 10.4. The number of carbonyl (C=O) groups is 1. The quantitative estimate of drug-likeness (QED) is 0.701. The van der Waals surface area contributed by atoms with Crippen molar-refractivity contribution >= 4 is 34.0 Å². The van der Waals surface area contributed by atoms with Crippen LogP contribution in [0.15, 0.2) is 0 Å². The Morgan fingerprint density at radius 2 is 1.83 bits per heavy atom. The number of nitrogens with zero attached hydrogens (tertiary/aromatic N) is 2. The molecule has 2 unspecified atom stereocenters. The van der Waals surface area contributed by atoms with Crippen molar-refractivity contribution in [1.29, 1.82) is 0 Å². The molecule has 0 saturated carbocycles. The molecule has 9 heteroatoms. The molecule has 108 valence electrons. The van der Waals surface area contributed by atoms with Crippen LogP contribution in [0.3, 0.4) is 0 Å². The predicted molar refractivity (Wildman–Crippen MR) is 76.0 cm³/mol. The van der Waals surface area contributed by atoms with Crippen LogP contribution in [0, 0.1) is 0 Å². The second-order valence-electron chi connectivity index (χ2n) is 4.05. The van der Waals surface area contributed by atoms with Crippen molar-refractivity contribution in [1.82, 2.24) is 8.75 Å². The van der Waals surface area contributed by atoms with Crippen molar-refractivity contribution in [2.45, 2.75) is 32.4 Å². The van der Waals surface area contributed by atoms with Gasteiger partial charge in [-0.25, -0.2) is 8.42 Å². The number of hydrogen-bond donors (Lipinski definition) is 0. The summed E-state index contributed by atoms with van der Waals surface area (Å²) in [6.07, 6.45) is 1.71. The smallest absolute Gasteiger partial charge is 0.276 e. The minimum atomic E-state index is -3.64. The number of sulfonamides is 1. The van der Waals surface area contributed by atoms with E-state index in [1.807, 2.05) is 13.8 Å². The monoisotopic (exact) mass is 316 g/mol. The van der Waals surface area contributed by atoms with Crippen LogP contribution in [0.2, 0.25) is 0 Å². The minimum Gasteiger partial charge on any atom is -0.276 e. The Bertz CT molecular complexity index is 451. The lowest BCUT2D eigenvalue weighted by Crippen LogP contribution is -2.32. The molecule has 0 heterocycles. The molecule has 6 nitrogen and oxygen atoms in total. The fourth-order valence-corrected chi connectivity index (χ4v) is 8.91. The molecule has 0 spiro atoms. The van der Waals surface area contributed by atoms with Crippen molar-refractivity contribution in [2.24, 2.45) is 0 Å². The van der Waals surface area contributed by atoms with Crippen LogP contribution in [0.5, 0.6) is 0 Å². The van der Waals surface area contributed by atoms with Gasteiger partial charge in [-0.05, 0) is 6.42 Å². The molecular formula is C9H21N2O4PS2. The molecule has 0 aromatic rings. The van der Waals surface area contributed by atoms with E-state index >= 15 is 0 Å². The summed E-state index contributed by atoms with van der Waals surface area (Å²) in [4.78, 5) is 11.4. The van der Waals surface area contributed by atoms with Gasteiger partial charge in [-0.1, -0.05) is 25.2 Å². The van der Waals surface area contributed by atoms with E-state index in [0.717, 1.165) is 32.8 Å². The molecule has 0 saturated heterocycles. The molecule has 0 rings (SSSR count). The maximum Gasteiger partial charge on any atom is 0.310 e.